The van der Waals surface area contributed by atoms with E-state index in [9.17, 15) is 4.79 Å². The van der Waals surface area contributed by atoms with Crippen LogP contribution < -0.4 is 5.32 Å². The van der Waals surface area contributed by atoms with Crippen molar-refractivity contribution < 1.29 is 9.90 Å². The summed E-state index contributed by atoms with van der Waals surface area (Å²) in [4.78, 5) is 12.2. The Labute approximate surface area is 67.2 Å². The number of hydrogen-bond donors (Lipinski definition) is 2. The molecule has 0 fully saturated rings. The van der Waals surface area contributed by atoms with Crippen molar-refractivity contribution in [3.05, 3.63) is 0 Å². The molecule has 0 heterocycles. The molecule has 0 saturated heterocycles. The van der Waals surface area contributed by atoms with Crippen LogP contribution in [0.2, 0.25) is 0 Å². The van der Waals surface area contributed by atoms with Crippen LogP contribution in [0.15, 0.2) is 0 Å². The highest BCUT2D eigenvalue weighted by Gasteiger charge is 1.98. The lowest BCUT2D eigenvalue weighted by molar-refractivity contribution is 0.192. The standard InChI is InChI=1S/C7H16N2O2/c1-3-9(4-2)6-5-8-7(10)11/h8H,3-6H2,1-2H3,(H,10,11). The molecule has 4 heteroatoms. The van der Waals surface area contributed by atoms with Crippen molar-refractivity contribution in [1.29, 1.82) is 0 Å². The van der Waals surface area contributed by atoms with Crippen molar-refractivity contribution >= 4 is 6.09 Å². The second kappa shape index (κ2) is 5.97. The Morgan fingerprint density at radius 2 is 2.00 bits per heavy atom. The normalized spacial score (nSPS) is 10.1. The third-order valence-electron chi connectivity index (χ3n) is 1.60. The monoisotopic (exact) mass is 160 g/mol. The predicted octanol–water partition coefficient (Wildman–Crippen LogP) is 0.596. The molecule has 66 valence electrons. The summed E-state index contributed by atoms with van der Waals surface area (Å²) in [6.07, 6.45) is -0.947. The second-order valence-corrected chi connectivity index (χ2v) is 2.26. The van der Waals surface area contributed by atoms with Gasteiger partial charge in [-0.15, -0.1) is 0 Å². The van der Waals surface area contributed by atoms with Gasteiger partial charge in [0.15, 0.2) is 0 Å². The van der Waals surface area contributed by atoms with Crippen molar-refractivity contribution in [2.75, 3.05) is 26.2 Å². The molecule has 0 aromatic rings. The molecule has 4 nitrogen and oxygen atoms in total. The molecule has 0 aromatic carbocycles. The maximum Gasteiger partial charge on any atom is 0.404 e. The smallest absolute Gasteiger partial charge is 0.404 e. The largest absolute Gasteiger partial charge is 0.465 e. The number of carboxylic acid groups (broad SMARTS) is 1. The fourth-order valence-corrected chi connectivity index (χ4v) is 0.861. The van der Waals surface area contributed by atoms with Crippen molar-refractivity contribution in [2.24, 2.45) is 0 Å². The molecule has 2 N–H and O–H groups in total. The summed E-state index contributed by atoms with van der Waals surface area (Å²) in [5.74, 6) is 0. The summed E-state index contributed by atoms with van der Waals surface area (Å²) in [5, 5.41) is 10.6. The van der Waals surface area contributed by atoms with Crippen molar-refractivity contribution in [1.82, 2.24) is 10.2 Å². The summed E-state index contributed by atoms with van der Waals surface area (Å²) < 4.78 is 0. The molecular formula is C7H16N2O2. The highest BCUT2D eigenvalue weighted by Crippen LogP contribution is 1.83. The molecule has 1 amide bonds. The lowest BCUT2D eigenvalue weighted by Gasteiger charge is -2.16. The summed E-state index contributed by atoms with van der Waals surface area (Å²) >= 11 is 0. The maximum atomic E-state index is 10.0. The third-order valence-corrected chi connectivity index (χ3v) is 1.60. The number of likely N-dealkylation sites (N-methyl/N-ethyl adjacent to an activating group) is 1. The highest BCUT2D eigenvalue weighted by atomic mass is 16.4. The van der Waals surface area contributed by atoms with Gasteiger partial charge in [0.1, 0.15) is 0 Å². The van der Waals surface area contributed by atoms with Gasteiger partial charge in [0.2, 0.25) is 0 Å². The number of hydrogen-bond acceptors (Lipinski definition) is 2. The molecule has 0 aliphatic heterocycles. The van der Waals surface area contributed by atoms with Gasteiger partial charge in [0, 0.05) is 13.1 Å². The van der Waals surface area contributed by atoms with Gasteiger partial charge in [-0.3, -0.25) is 0 Å². The topological polar surface area (TPSA) is 52.6 Å². The van der Waals surface area contributed by atoms with Gasteiger partial charge in [-0.25, -0.2) is 4.79 Å². The van der Waals surface area contributed by atoms with Gasteiger partial charge in [-0.1, -0.05) is 13.8 Å². The summed E-state index contributed by atoms with van der Waals surface area (Å²) in [6, 6.07) is 0. The van der Waals surface area contributed by atoms with E-state index in [0.29, 0.717) is 6.54 Å². The van der Waals surface area contributed by atoms with Gasteiger partial charge in [0.25, 0.3) is 0 Å². The Balaban J connectivity index is 3.28. The first-order valence-corrected chi connectivity index (χ1v) is 3.89. The van der Waals surface area contributed by atoms with Crippen LogP contribution in [0.4, 0.5) is 4.79 Å². The average Bonchev–Trinajstić information content (AvgIpc) is 1.98. The van der Waals surface area contributed by atoms with E-state index >= 15 is 0 Å². The molecule has 0 saturated carbocycles. The van der Waals surface area contributed by atoms with E-state index < -0.39 is 6.09 Å². The summed E-state index contributed by atoms with van der Waals surface area (Å²) in [7, 11) is 0. The van der Waals surface area contributed by atoms with E-state index in [4.69, 9.17) is 5.11 Å². The van der Waals surface area contributed by atoms with E-state index in [1.54, 1.807) is 0 Å². The van der Waals surface area contributed by atoms with E-state index in [1.807, 2.05) is 0 Å². The van der Waals surface area contributed by atoms with Gasteiger partial charge >= 0.3 is 6.09 Å². The number of nitrogens with zero attached hydrogens (tertiary/aromatic N) is 1. The van der Waals surface area contributed by atoms with Crippen molar-refractivity contribution in [3.8, 4) is 0 Å². The highest BCUT2D eigenvalue weighted by molar-refractivity contribution is 5.64. The lowest BCUT2D eigenvalue weighted by Crippen LogP contribution is -2.33. The Kier molecular flexibility index (Phi) is 5.56. The molecule has 0 unspecified atom stereocenters. The van der Waals surface area contributed by atoms with Gasteiger partial charge in [-0.2, -0.15) is 0 Å². The van der Waals surface area contributed by atoms with Crippen molar-refractivity contribution in [2.45, 2.75) is 13.8 Å². The van der Waals surface area contributed by atoms with E-state index in [0.717, 1.165) is 19.6 Å². The fraction of sp³-hybridized carbons (Fsp3) is 0.857. The Bertz CT molecular complexity index is 113. The first-order valence-electron chi connectivity index (χ1n) is 3.89. The van der Waals surface area contributed by atoms with Gasteiger partial charge in [0.05, 0.1) is 0 Å². The van der Waals surface area contributed by atoms with E-state index in [-0.39, 0.29) is 0 Å². The molecule has 0 atom stereocenters. The predicted molar refractivity (Wildman–Crippen MR) is 43.8 cm³/mol. The number of nitrogens with one attached hydrogen (secondary N) is 1. The Hall–Kier alpha value is -0.770. The molecule has 0 aliphatic rings. The van der Waals surface area contributed by atoms with Crippen LogP contribution in [0.3, 0.4) is 0 Å². The number of carbonyl (C=O) groups is 1. The summed E-state index contributed by atoms with van der Waals surface area (Å²) in [6.45, 7) is 7.36. The minimum absolute atomic E-state index is 0.511. The molecule has 0 bridgehead atoms. The molecule has 11 heavy (non-hydrogen) atoms. The minimum Gasteiger partial charge on any atom is -0.465 e. The zero-order valence-electron chi connectivity index (χ0n) is 7.13. The quantitative estimate of drug-likeness (QED) is 0.619. The third kappa shape index (κ3) is 5.66. The Morgan fingerprint density at radius 3 is 2.36 bits per heavy atom. The first kappa shape index (κ1) is 10.2. The number of rotatable bonds is 5. The molecule has 0 aliphatic carbocycles. The van der Waals surface area contributed by atoms with Crippen LogP contribution in [0, 0.1) is 0 Å². The van der Waals surface area contributed by atoms with Gasteiger partial charge in [-0.05, 0) is 13.1 Å². The molecule has 0 radical (unpaired) electrons. The van der Waals surface area contributed by atoms with Crippen LogP contribution in [-0.4, -0.2) is 42.3 Å². The second-order valence-electron chi connectivity index (χ2n) is 2.26. The average molecular weight is 160 g/mol. The Morgan fingerprint density at radius 1 is 1.45 bits per heavy atom. The van der Waals surface area contributed by atoms with E-state index in [1.165, 1.54) is 0 Å². The van der Waals surface area contributed by atoms with Crippen LogP contribution in [0.5, 0.6) is 0 Å². The van der Waals surface area contributed by atoms with Crippen LogP contribution in [0.25, 0.3) is 0 Å². The van der Waals surface area contributed by atoms with Gasteiger partial charge < -0.3 is 15.3 Å². The maximum absolute atomic E-state index is 10.0. The SMILES string of the molecule is CCN(CC)CCNC(=O)O. The lowest BCUT2D eigenvalue weighted by atomic mass is 10.5. The zero-order chi connectivity index (χ0) is 8.69. The zero-order valence-corrected chi connectivity index (χ0v) is 7.13. The molecule has 0 spiro atoms. The molecular weight excluding hydrogens is 144 g/mol. The molecule has 0 rings (SSSR count). The van der Waals surface area contributed by atoms with Crippen LogP contribution >= 0.6 is 0 Å². The summed E-state index contributed by atoms with van der Waals surface area (Å²) in [5.41, 5.74) is 0. The first-order chi connectivity index (χ1) is 5.20. The minimum atomic E-state index is -0.947. The van der Waals surface area contributed by atoms with Crippen LogP contribution in [-0.2, 0) is 0 Å². The number of amides is 1. The van der Waals surface area contributed by atoms with Crippen LogP contribution in [0.1, 0.15) is 13.8 Å². The fourth-order valence-electron chi connectivity index (χ4n) is 0.861. The van der Waals surface area contributed by atoms with E-state index in [2.05, 4.69) is 24.1 Å². The molecule has 0 aromatic heterocycles. The van der Waals surface area contributed by atoms with Crippen molar-refractivity contribution in [3.63, 3.8) is 0 Å².